The van der Waals surface area contributed by atoms with E-state index in [0.717, 1.165) is 11.3 Å². The molecule has 1 fully saturated rings. The highest BCUT2D eigenvalue weighted by molar-refractivity contribution is 7.07. The quantitative estimate of drug-likeness (QED) is 0.935. The summed E-state index contributed by atoms with van der Waals surface area (Å²) in [5, 5.41) is 9.97. The van der Waals surface area contributed by atoms with Crippen LogP contribution in [0.3, 0.4) is 0 Å². The van der Waals surface area contributed by atoms with Crippen molar-refractivity contribution in [3.63, 3.8) is 0 Å². The smallest absolute Gasteiger partial charge is 0.242 e. The topological polar surface area (TPSA) is 58.3 Å². The molecule has 3 rings (SSSR count). The molecule has 0 aliphatic carbocycles. The molecule has 21 heavy (non-hydrogen) atoms. The van der Waals surface area contributed by atoms with E-state index in [9.17, 15) is 4.79 Å². The molecule has 1 aliphatic rings. The number of carbonyl (C=O) groups is 1. The fraction of sp³-hybridized carbons (Fsp3) is 0.333. The minimum absolute atomic E-state index is 0.0485. The third-order valence-electron chi connectivity index (χ3n) is 3.54. The van der Waals surface area contributed by atoms with E-state index in [0.29, 0.717) is 31.1 Å². The van der Waals surface area contributed by atoms with Crippen LogP contribution >= 0.6 is 11.3 Å². The van der Waals surface area contributed by atoms with Crippen molar-refractivity contribution in [2.45, 2.75) is 6.54 Å². The van der Waals surface area contributed by atoms with Crippen LogP contribution in [0.1, 0.15) is 0 Å². The lowest BCUT2D eigenvalue weighted by atomic mass is 10.2. The van der Waals surface area contributed by atoms with E-state index in [1.165, 1.54) is 11.3 Å². The summed E-state index contributed by atoms with van der Waals surface area (Å²) in [5.74, 6) is 0.0485. The molecule has 5 nitrogen and oxygen atoms in total. The molecule has 0 atom stereocenters. The van der Waals surface area contributed by atoms with Gasteiger partial charge in [-0.05, 0) is 5.56 Å². The lowest BCUT2D eigenvalue weighted by molar-refractivity contribution is -0.135. The predicted molar refractivity (Wildman–Crippen MR) is 81.0 cm³/mol. The molecule has 2 aromatic rings. The van der Waals surface area contributed by atoms with E-state index < -0.39 is 0 Å². The molecule has 0 radical (unpaired) electrons. The molecule has 1 N–H and O–H groups in total. The Kier molecular flexibility index (Phi) is 4.17. The zero-order valence-corrected chi connectivity index (χ0v) is 12.4. The first kappa shape index (κ1) is 14.0. The summed E-state index contributed by atoms with van der Waals surface area (Å²) in [6.07, 6.45) is 0. The Hall–Kier alpha value is -1.92. The number of hydrogen-bond acceptors (Lipinski definition) is 4. The van der Waals surface area contributed by atoms with Gasteiger partial charge in [-0.1, -0.05) is 30.3 Å². The summed E-state index contributed by atoms with van der Waals surface area (Å²) in [4.78, 5) is 14.6. The Labute approximate surface area is 126 Å². The summed E-state index contributed by atoms with van der Waals surface area (Å²) in [6.45, 7) is 2.68. The monoisotopic (exact) mass is 303 g/mol. The number of morpholine rings is 1. The number of nitrogens with one attached hydrogen (secondary N) is 1. The number of nitrogens with zero attached hydrogens (tertiary/aromatic N) is 2. The average Bonchev–Trinajstić information content (AvgIpc) is 2.90. The number of carbonyl (C=O) groups excluding carboxylic acids is 1. The van der Waals surface area contributed by atoms with Crippen molar-refractivity contribution < 1.29 is 9.53 Å². The molecular formula is C15H17N3O2S. The Morgan fingerprint density at radius 1 is 1.24 bits per heavy atom. The van der Waals surface area contributed by atoms with E-state index in [1.54, 1.807) is 4.57 Å². The number of thiazole rings is 1. The predicted octanol–water partition coefficient (Wildman–Crippen LogP) is 1.55. The summed E-state index contributed by atoms with van der Waals surface area (Å²) < 4.78 is 7.04. The molecule has 1 amide bonds. The third-order valence-corrected chi connectivity index (χ3v) is 4.33. The molecule has 6 heteroatoms. The van der Waals surface area contributed by atoms with Crippen LogP contribution in [-0.2, 0) is 16.1 Å². The van der Waals surface area contributed by atoms with E-state index in [1.807, 2.05) is 40.6 Å². The molecular weight excluding hydrogens is 286 g/mol. The maximum atomic E-state index is 12.4. The molecule has 1 aromatic heterocycles. The van der Waals surface area contributed by atoms with Crippen molar-refractivity contribution in [1.29, 1.82) is 5.41 Å². The van der Waals surface area contributed by atoms with Gasteiger partial charge in [0.2, 0.25) is 5.91 Å². The first-order valence-corrected chi connectivity index (χ1v) is 7.77. The first-order chi connectivity index (χ1) is 10.3. The van der Waals surface area contributed by atoms with Gasteiger partial charge in [0.1, 0.15) is 6.54 Å². The van der Waals surface area contributed by atoms with Crippen LogP contribution in [0.4, 0.5) is 0 Å². The Balaban J connectivity index is 1.84. The van der Waals surface area contributed by atoms with Gasteiger partial charge in [-0.3, -0.25) is 10.2 Å². The van der Waals surface area contributed by atoms with Gasteiger partial charge in [-0.25, -0.2) is 0 Å². The SMILES string of the molecule is N=c1scc(-c2ccccc2)n1CC(=O)N1CCOCC1. The van der Waals surface area contributed by atoms with Crippen LogP contribution in [0, 0.1) is 5.41 Å². The first-order valence-electron chi connectivity index (χ1n) is 6.89. The number of ether oxygens (including phenoxy) is 1. The summed E-state index contributed by atoms with van der Waals surface area (Å²) in [7, 11) is 0. The second-order valence-electron chi connectivity index (χ2n) is 4.87. The Morgan fingerprint density at radius 3 is 2.67 bits per heavy atom. The molecule has 2 heterocycles. The molecule has 1 aromatic carbocycles. The molecule has 1 aliphatic heterocycles. The van der Waals surface area contributed by atoms with Gasteiger partial charge >= 0.3 is 0 Å². The highest BCUT2D eigenvalue weighted by Crippen LogP contribution is 2.19. The normalized spacial score (nSPS) is 15.1. The van der Waals surface area contributed by atoms with Crippen molar-refractivity contribution in [3.05, 3.63) is 40.5 Å². The van der Waals surface area contributed by atoms with Crippen molar-refractivity contribution >= 4 is 17.2 Å². The third kappa shape index (κ3) is 3.06. The maximum Gasteiger partial charge on any atom is 0.242 e. The van der Waals surface area contributed by atoms with Crippen LogP contribution < -0.4 is 4.80 Å². The second-order valence-corrected chi connectivity index (χ2v) is 5.73. The Morgan fingerprint density at radius 2 is 1.95 bits per heavy atom. The van der Waals surface area contributed by atoms with E-state index in [4.69, 9.17) is 10.1 Å². The lowest BCUT2D eigenvalue weighted by Gasteiger charge is -2.27. The Bertz CT molecular complexity index is 672. The molecule has 0 unspecified atom stereocenters. The van der Waals surface area contributed by atoms with Crippen molar-refractivity contribution in [2.24, 2.45) is 0 Å². The zero-order valence-electron chi connectivity index (χ0n) is 11.6. The number of rotatable bonds is 3. The largest absolute Gasteiger partial charge is 0.378 e. The molecule has 110 valence electrons. The summed E-state index contributed by atoms with van der Waals surface area (Å²) in [5.41, 5.74) is 1.95. The van der Waals surface area contributed by atoms with Crippen molar-refractivity contribution in [1.82, 2.24) is 9.47 Å². The van der Waals surface area contributed by atoms with Crippen molar-refractivity contribution in [3.8, 4) is 11.3 Å². The molecule has 0 saturated carbocycles. The van der Waals surface area contributed by atoms with Gasteiger partial charge in [0.15, 0.2) is 4.80 Å². The van der Waals surface area contributed by atoms with Gasteiger partial charge in [0.05, 0.1) is 18.9 Å². The van der Waals surface area contributed by atoms with Crippen molar-refractivity contribution in [2.75, 3.05) is 26.3 Å². The van der Waals surface area contributed by atoms with Gasteiger partial charge in [0.25, 0.3) is 0 Å². The minimum atomic E-state index is 0.0485. The minimum Gasteiger partial charge on any atom is -0.378 e. The lowest BCUT2D eigenvalue weighted by Crippen LogP contribution is -2.43. The second kappa shape index (κ2) is 6.24. The maximum absolute atomic E-state index is 12.4. The molecule has 1 saturated heterocycles. The van der Waals surface area contributed by atoms with E-state index in [2.05, 4.69) is 0 Å². The van der Waals surface area contributed by atoms with Gasteiger partial charge in [-0.2, -0.15) is 0 Å². The zero-order chi connectivity index (χ0) is 14.7. The highest BCUT2D eigenvalue weighted by atomic mass is 32.1. The molecule has 0 bridgehead atoms. The van der Waals surface area contributed by atoms with Crippen LogP contribution in [0.5, 0.6) is 0 Å². The number of aromatic nitrogens is 1. The highest BCUT2D eigenvalue weighted by Gasteiger charge is 2.19. The van der Waals surface area contributed by atoms with Crippen LogP contribution in [-0.4, -0.2) is 41.7 Å². The summed E-state index contributed by atoms with van der Waals surface area (Å²) in [6, 6.07) is 9.88. The van der Waals surface area contributed by atoms with Crippen LogP contribution in [0.15, 0.2) is 35.7 Å². The van der Waals surface area contributed by atoms with Gasteiger partial charge in [0, 0.05) is 18.5 Å². The summed E-state index contributed by atoms with van der Waals surface area (Å²) >= 11 is 1.35. The number of hydrogen-bond donors (Lipinski definition) is 1. The fourth-order valence-corrected chi connectivity index (χ4v) is 3.16. The average molecular weight is 303 g/mol. The van der Waals surface area contributed by atoms with E-state index >= 15 is 0 Å². The van der Waals surface area contributed by atoms with E-state index in [-0.39, 0.29) is 12.5 Å². The van der Waals surface area contributed by atoms with Gasteiger partial charge < -0.3 is 14.2 Å². The molecule has 0 spiro atoms. The number of amides is 1. The van der Waals surface area contributed by atoms with Crippen LogP contribution in [0.2, 0.25) is 0 Å². The standard InChI is InChI=1S/C15H17N3O2S/c16-15-18(10-14(19)17-6-8-20-9-7-17)13(11-21-15)12-4-2-1-3-5-12/h1-5,11,16H,6-10H2. The fourth-order valence-electron chi connectivity index (χ4n) is 2.39. The number of benzene rings is 1. The van der Waals surface area contributed by atoms with Gasteiger partial charge in [-0.15, -0.1) is 11.3 Å². The van der Waals surface area contributed by atoms with Crippen LogP contribution in [0.25, 0.3) is 11.3 Å².